The zero-order valence-electron chi connectivity index (χ0n) is 37.2. The maximum absolute atomic E-state index is 14.0. The van der Waals surface area contributed by atoms with Crippen LogP contribution >= 0.6 is 11.8 Å². The van der Waals surface area contributed by atoms with Crippen LogP contribution in [0.15, 0.2) is 29.2 Å². The van der Waals surface area contributed by atoms with E-state index in [1.165, 1.54) is 11.8 Å². The zero-order valence-corrected chi connectivity index (χ0v) is 38.0. The molecule has 3 fully saturated rings. The van der Waals surface area contributed by atoms with Crippen LogP contribution in [-0.4, -0.2) is 90.9 Å². The molecule has 5 N–H and O–H groups in total. The van der Waals surface area contributed by atoms with Crippen molar-refractivity contribution < 1.29 is 38.5 Å². The fraction of sp³-hybridized carbons (Fsp3) is 0.778. The number of Topliss-reactive ketones (excluding diaryl/α,β-unsaturated/α-hetero) is 1. The number of ketones is 1. The number of thioether (sulfide) groups is 1. The first kappa shape index (κ1) is 47.8. The summed E-state index contributed by atoms with van der Waals surface area (Å²) in [6.45, 7) is 25.4. The van der Waals surface area contributed by atoms with Gasteiger partial charge in [-0.3, -0.25) is 9.59 Å². The number of rotatable bonds is 16. The van der Waals surface area contributed by atoms with E-state index in [0.29, 0.717) is 57.9 Å². The highest BCUT2D eigenvalue weighted by atomic mass is 32.2. The van der Waals surface area contributed by atoms with Gasteiger partial charge in [-0.05, 0) is 128 Å². The Morgan fingerprint density at radius 1 is 0.828 bits per heavy atom. The topological polar surface area (TPSA) is 164 Å². The van der Waals surface area contributed by atoms with Gasteiger partial charge in [-0.25, -0.2) is 9.59 Å². The lowest BCUT2D eigenvalue weighted by Gasteiger charge is -2.63. The highest BCUT2D eigenvalue weighted by Crippen LogP contribution is 2.69. The van der Waals surface area contributed by atoms with Crippen molar-refractivity contribution in [3.63, 3.8) is 0 Å². The van der Waals surface area contributed by atoms with Crippen LogP contribution in [0, 0.1) is 39.9 Å². The molecule has 2 amide bonds. The minimum absolute atomic E-state index is 0.120. The third-order valence-corrected chi connectivity index (χ3v) is 14.1. The number of nitrogens with one attached hydrogen (secondary N) is 4. The van der Waals surface area contributed by atoms with Gasteiger partial charge < -0.3 is 40.6 Å². The second-order valence-corrected chi connectivity index (χ2v) is 20.9. The Morgan fingerprint density at radius 3 is 1.97 bits per heavy atom. The molecule has 0 saturated heterocycles. The van der Waals surface area contributed by atoms with Gasteiger partial charge >= 0.3 is 18.2 Å². The molecule has 0 radical (unpaired) electrons. The lowest BCUT2D eigenvalue weighted by molar-refractivity contribution is -0.219. The molecule has 1 aromatic carbocycles. The van der Waals surface area contributed by atoms with E-state index in [9.17, 15) is 24.3 Å². The molecule has 328 valence electrons. The molecule has 58 heavy (non-hydrogen) atoms. The number of hydrogen-bond donors (Lipinski definition) is 5. The summed E-state index contributed by atoms with van der Waals surface area (Å²) in [5.41, 5.74) is -1.60. The number of aliphatic hydroxyl groups is 1. The van der Waals surface area contributed by atoms with Crippen LogP contribution in [0.5, 0.6) is 0 Å². The molecule has 13 heteroatoms. The molecule has 3 aliphatic carbocycles. The first-order chi connectivity index (χ1) is 27.0. The number of hydrogen-bond acceptors (Lipinski definition) is 11. The molecule has 2 bridgehead atoms. The Bertz CT molecular complexity index is 1560. The number of aliphatic hydroxyl groups excluding tert-OH is 1. The number of esters is 1. The van der Waals surface area contributed by atoms with E-state index in [1.54, 1.807) is 0 Å². The molecular formula is C45H74N4O8S. The van der Waals surface area contributed by atoms with Gasteiger partial charge in [0, 0.05) is 54.2 Å². The summed E-state index contributed by atoms with van der Waals surface area (Å²) in [6, 6.07) is 8.10. The molecule has 12 nitrogen and oxygen atoms in total. The number of carbonyl (C=O) groups is 4. The third kappa shape index (κ3) is 12.1. The maximum atomic E-state index is 14.0. The standard InChI is InChI=1S/C45H74N4O8S/c1-29-24-45-19-18-34(50)37(45)44(11,30(29)2)35(25-43(10,38(52)31(45)3)28-47-21-13-23-49-40(54)57-42(7,8)9)55-36(51)27-58-33-16-14-32(15-17-33)26-46-20-12-22-48-39(53)56-41(4,5)6/h14-17,29-31,35,37-38,46-47,52H,12-13,18-28H2,1-11H3,(H,48,53)(H,49,54)/t29-,30+,31-,35+,37-,38-,43+,44-,45+/m0/s1. The van der Waals surface area contributed by atoms with Crippen molar-refractivity contribution >= 4 is 35.7 Å². The van der Waals surface area contributed by atoms with Gasteiger partial charge in [-0.1, -0.05) is 46.8 Å². The molecule has 0 unspecified atom stereocenters. The van der Waals surface area contributed by atoms with Gasteiger partial charge in [0.05, 0.1) is 11.9 Å². The first-order valence-electron chi connectivity index (χ1n) is 21.5. The normalized spacial score (nSPS) is 31.1. The van der Waals surface area contributed by atoms with Crippen LogP contribution in [-0.2, 0) is 30.3 Å². The Hall–Kier alpha value is -2.87. The molecule has 3 aliphatic rings. The van der Waals surface area contributed by atoms with Crippen molar-refractivity contribution in [1.29, 1.82) is 0 Å². The second-order valence-electron chi connectivity index (χ2n) is 19.9. The highest BCUT2D eigenvalue weighted by Gasteiger charge is 2.69. The molecule has 0 heterocycles. The smallest absolute Gasteiger partial charge is 0.407 e. The van der Waals surface area contributed by atoms with Crippen molar-refractivity contribution in [3.8, 4) is 0 Å². The van der Waals surface area contributed by atoms with Crippen molar-refractivity contribution in [2.75, 3.05) is 38.5 Å². The fourth-order valence-electron chi connectivity index (χ4n) is 10.1. The number of carbonyl (C=O) groups excluding carboxylic acids is 4. The van der Waals surface area contributed by atoms with Gasteiger partial charge in [0.2, 0.25) is 0 Å². The minimum atomic E-state index is -0.726. The summed E-state index contributed by atoms with van der Waals surface area (Å²) >= 11 is 1.43. The Labute approximate surface area is 352 Å². The van der Waals surface area contributed by atoms with Crippen LogP contribution in [0.1, 0.15) is 120 Å². The molecule has 0 aromatic heterocycles. The molecule has 4 rings (SSSR count). The molecule has 1 aromatic rings. The van der Waals surface area contributed by atoms with Crippen LogP contribution in [0.4, 0.5) is 9.59 Å². The number of ether oxygens (including phenoxy) is 3. The molecule has 9 atom stereocenters. The van der Waals surface area contributed by atoms with Crippen LogP contribution < -0.4 is 21.3 Å². The van der Waals surface area contributed by atoms with Gasteiger partial charge in [0.1, 0.15) is 23.1 Å². The van der Waals surface area contributed by atoms with Crippen molar-refractivity contribution in [1.82, 2.24) is 21.3 Å². The van der Waals surface area contributed by atoms with Crippen molar-refractivity contribution in [2.24, 2.45) is 39.9 Å². The van der Waals surface area contributed by atoms with Crippen molar-refractivity contribution in [2.45, 2.75) is 150 Å². The summed E-state index contributed by atoms with van der Waals surface area (Å²) in [4.78, 5) is 52.8. The van der Waals surface area contributed by atoms with E-state index < -0.39 is 46.4 Å². The average molecular weight is 831 g/mol. The number of alkyl carbamates (subject to hydrolysis) is 2. The highest BCUT2D eigenvalue weighted by molar-refractivity contribution is 8.00. The summed E-state index contributed by atoms with van der Waals surface area (Å²) in [6.07, 6.45) is 1.82. The largest absolute Gasteiger partial charge is 0.461 e. The minimum Gasteiger partial charge on any atom is -0.461 e. The predicted molar refractivity (Wildman–Crippen MR) is 228 cm³/mol. The number of benzene rings is 1. The van der Waals surface area contributed by atoms with Gasteiger partial charge in [-0.2, -0.15) is 0 Å². The molecule has 0 aliphatic heterocycles. The first-order valence-corrected chi connectivity index (χ1v) is 22.5. The lowest BCUT2D eigenvalue weighted by atomic mass is 9.42. The average Bonchev–Trinajstić information content (AvgIpc) is 3.47. The Morgan fingerprint density at radius 2 is 1.40 bits per heavy atom. The van der Waals surface area contributed by atoms with E-state index in [-0.39, 0.29) is 40.7 Å². The summed E-state index contributed by atoms with van der Waals surface area (Å²) in [5.74, 6) is 0.0436. The zero-order chi connectivity index (χ0) is 43.1. The van der Waals surface area contributed by atoms with E-state index in [2.05, 4.69) is 55.9 Å². The second kappa shape index (κ2) is 19.7. The van der Waals surface area contributed by atoms with Crippen LogP contribution in [0.25, 0.3) is 0 Å². The summed E-state index contributed by atoms with van der Waals surface area (Å²) in [7, 11) is 0. The van der Waals surface area contributed by atoms with Gasteiger partial charge in [0.15, 0.2) is 0 Å². The third-order valence-electron chi connectivity index (χ3n) is 13.1. The van der Waals surface area contributed by atoms with E-state index in [0.717, 1.165) is 36.3 Å². The maximum Gasteiger partial charge on any atom is 0.407 e. The lowest BCUT2D eigenvalue weighted by Crippen LogP contribution is -2.65. The van der Waals surface area contributed by atoms with E-state index in [1.807, 2.05) is 65.8 Å². The Balaban J connectivity index is 1.39. The quantitative estimate of drug-likeness (QED) is 0.0494. The van der Waals surface area contributed by atoms with Crippen LogP contribution in [0.2, 0.25) is 0 Å². The summed E-state index contributed by atoms with van der Waals surface area (Å²) < 4.78 is 17.2. The summed E-state index contributed by atoms with van der Waals surface area (Å²) in [5, 5.41) is 24.9. The fourth-order valence-corrected chi connectivity index (χ4v) is 10.7. The van der Waals surface area contributed by atoms with Gasteiger partial charge in [0.25, 0.3) is 0 Å². The van der Waals surface area contributed by atoms with Crippen molar-refractivity contribution in [3.05, 3.63) is 29.8 Å². The molecule has 0 spiro atoms. The van der Waals surface area contributed by atoms with E-state index >= 15 is 0 Å². The monoisotopic (exact) mass is 831 g/mol. The molecule has 3 saturated carbocycles. The van der Waals surface area contributed by atoms with Gasteiger partial charge in [-0.15, -0.1) is 11.8 Å². The van der Waals surface area contributed by atoms with Crippen LogP contribution in [0.3, 0.4) is 0 Å². The predicted octanol–water partition coefficient (Wildman–Crippen LogP) is 7.25. The Kier molecular flexibility index (Phi) is 16.2. The molecular weight excluding hydrogens is 757 g/mol. The van der Waals surface area contributed by atoms with E-state index in [4.69, 9.17) is 14.2 Å². The SMILES string of the molecule is C[C@@H]1[C@@H](C)C[C@@]23CCC(=O)[C@H]2[C@]1(C)[C@H](OC(=O)CSc1ccc(CNCCCNC(=O)OC(C)(C)C)cc1)C[C@](C)(CNCCCNC(=O)OC(C)(C)C)[C@@H](O)[C@@H]3C. The number of amides is 2.